The molecule has 0 aromatic heterocycles. The third-order valence-electron chi connectivity index (χ3n) is 0.206. The Hall–Kier alpha value is -0.750. The summed E-state index contributed by atoms with van der Waals surface area (Å²) >= 11 is 4.91. The van der Waals surface area contributed by atoms with Gasteiger partial charge >= 0.3 is 0 Å². The number of halogens is 1. The van der Waals surface area contributed by atoms with E-state index in [0.717, 1.165) is 0 Å². The lowest BCUT2D eigenvalue weighted by Crippen LogP contribution is -1.86. The number of nitrogens with zero attached hydrogens (tertiary/aromatic N) is 2. The Morgan fingerprint density at radius 1 is 2.00 bits per heavy atom. The van der Waals surface area contributed by atoms with Gasteiger partial charge in [-0.25, -0.2) is 0 Å². The summed E-state index contributed by atoms with van der Waals surface area (Å²) in [6.45, 7) is 0. The molecule has 0 bridgehead atoms. The molecular weight excluding hydrogens is 101 g/mol. The van der Waals surface area contributed by atoms with Crippen LogP contribution in [0.15, 0.2) is 5.10 Å². The van der Waals surface area contributed by atoms with Gasteiger partial charge in [0.25, 0.3) is 0 Å². The standard InChI is InChI=1S/C2H2ClN3/c3-2(1-4)6-5/h5H2/b6-2+. The van der Waals surface area contributed by atoms with E-state index in [1.165, 1.54) is 6.07 Å². The van der Waals surface area contributed by atoms with Crippen LogP contribution in [0.1, 0.15) is 0 Å². The van der Waals surface area contributed by atoms with Gasteiger partial charge in [0.15, 0.2) is 0 Å². The lowest BCUT2D eigenvalue weighted by atomic mass is 10.8. The van der Waals surface area contributed by atoms with Crippen LogP contribution < -0.4 is 5.84 Å². The zero-order valence-electron chi connectivity index (χ0n) is 2.85. The molecule has 0 atom stereocenters. The average Bonchev–Trinajstić information content (AvgIpc) is 1.65. The van der Waals surface area contributed by atoms with Crippen molar-refractivity contribution in [2.45, 2.75) is 0 Å². The normalized spacial score (nSPS) is 10.3. The van der Waals surface area contributed by atoms with E-state index in [2.05, 4.69) is 10.9 Å². The van der Waals surface area contributed by atoms with Gasteiger partial charge in [0.2, 0.25) is 5.17 Å². The average molecular weight is 104 g/mol. The van der Waals surface area contributed by atoms with Crippen molar-refractivity contribution in [1.82, 2.24) is 0 Å². The van der Waals surface area contributed by atoms with Gasteiger partial charge in [-0.3, -0.25) is 0 Å². The number of nitrogens with two attached hydrogens (primary N) is 1. The summed E-state index contributed by atoms with van der Waals surface area (Å²) in [7, 11) is 0. The van der Waals surface area contributed by atoms with Crippen molar-refractivity contribution in [3.05, 3.63) is 0 Å². The maximum Gasteiger partial charge on any atom is 0.225 e. The molecular formula is C2H2ClN3. The molecule has 0 aliphatic heterocycles. The van der Waals surface area contributed by atoms with Gasteiger partial charge < -0.3 is 5.84 Å². The van der Waals surface area contributed by atoms with E-state index in [1.54, 1.807) is 0 Å². The van der Waals surface area contributed by atoms with Gasteiger partial charge in [-0.1, -0.05) is 0 Å². The molecule has 0 saturated carbocycles. The minimum Gasteiger partial charge on any atom is -0.321 e. The maximum absolute atomic E-state index is 7.74. The molecule has 0 spiro atoms. The summed E-state index contributed by atoms with van der Waals surface area (Å²) in [6, 6.07) is 1.51. The maximum atomic E-state index is 7.74. The van der Waals surface area contributed by atoms with Crippen LogP contribution >= 0.6 is 11.6 Å². The highest BCUT2D eigenvalue weighted by atomic mass is 35.5. The summed E-state index contributed by atoms with van der Waals surface area (Å²) in [6.07, 6.45) is 0. The van der Waals surface area contributed by atoms with Gasteiger partial charge in [-0.15, -0.1) is 0 Å². The highest BCUT2D eigenvalue weighted by molar-refractivity contribution is 6.69. The number of hydrogen-bond donors (Lipinski definition) is 1. The second-order valence-corrected chi connectivity index (χ2v) is 0.890. The van der Waals surface area contributed by atoms with Crippen LogP contribution in [0.3, 0.4) is 0 Å². The lowest BCUT2D eigenvalue weighted by Gasteiger charge is -1.67. The molecule has 0 unspecified atom stereocenters. The van der Waals surface area contributed by atoms with E-state index in [4.69, 9.17) is 16.9 Å². The minimum atomic E-state index is -0.227. The third-order valence-corrected chi connectivity index (χ3v) is 0.388. The Bertz CT molecular complexity index is 99.9. The highest BCUT2D eigenvalue weighted by Gasteiger charge is 1.79. The molecule has 0 aliphatic rings. The number of rotatable bonds is 0. The van der Waals surface area contributed by atoms with Crippen LogP contribution in [-0.2, 0) is 0 Å². The Morgan fingerprint density at radius 2 is 2.50 bits per heavy atom. The van der Waals surface area contributed by atoms with Crippen molar-refractivity contribution in [3.63, 3.8) is 0 Å². The molecule has 0 aromatic carbocycles. The van der Waals surface area contributed by atoms with Crippen molar-refractivity contribution in [2.75, 3.05) is 0 Å². The SMILES string of the molecule is N#C/C(Cl)=N\N. The summed E-state index contributed by atoms with van der Waals surface area (Å²) in [4.78, 5) is 0. The van der Waals surface area contributed by atoms with Gasteiger partial charge in [-0.05, 0) is 11.6 Å². The summed E-state index contributed by atoms with van der Waals surface area (Å²) in [5.41, 5.74) is 0. The first-order valence-corrected chi connectivity index (χ1v) is 1.52. The molecule has 0 aliphatic carbocycles. The monoisotopic (exact) mass is 103 g/mol. The lowest BCUT2D eigenvalue weighted by molar-refractivity contribution is 1.26. The number of hydrazone groups is 1. The Labute approximate surface area is 40.0 Å². The largest absolute Gasteiger partial charge is 0.321 e. The smallest absolute Gasteiger partial charge is 0.225 e. The molecule has 0 heterocycles. The van der Waals surface area contributed by atoms with Crippen molar-refractivity contribution in [1.29, 1.82) is 5.26 Å². The van der Waals surface area contributed by atoms with Crippen LogP contribution in [0.2, 0.25) is 0 Å². The molecule has 0 saturated heterocycles. The number of hydrogen-bond acceptors (Lipinski definition) is 3. The van der Waals surface area contributed by atoms with Gasteiger partial charge in [0.05, 0.1) is 0 Å². The van der Waals surface area contributed by atoms with Crippen molar-refractivity contribution >= 4 is 16.8 Å². The topological polar surface area (TPSA) is 62.2 Å². The van der Waals surface area contributed by atoms with E-state index >= 15 is 0 Å². The quantitative estimate of drug-likeness (QED) is 0.267. The summed E-state index contributed by atoms with van der Waals surface area (Å²) in [5, 5.41) is 10.3. The van der Waals surface area contributed by atoms with Crippen LogP contribution in [0.25, 0.3) is 0 Å². The predicted molar refractivity (Wildman–Crippen MR) is 23.1 cm³/mol. The highest BCUT2D eigenvalue weighted by Crippen LogP contribution is 1.74. The molecule has 32 valence electrons. The Kier molecular flexibility index (Phi) is 2.17. The van der Waals surface area contributed by atoms with Crippen LogP contribution in [0.4, 0.5) is 0 Å². The summed E-state index contributed by atoms with van der Waals surface area (Å²) in [5.74, 6) is 4.52. The second-order valence-electron chi connectivity index (χ2n) is 0.532. The van der Waals surface area contributed by atoms with Crippen molar-refractivity contribution < 1.29 is 0 Å². The Morgan fingerprint density at radius 3 is 2.50 bits per heavy atom. The van der Waals surface area contributed by atoms with Crippen molar-refractivity contribution in [2.24, 2.45) is 10.9 Å². The fraction of sp³-hybridized carbons (Fsp3) is 0. The van der Waals surface area contributed by atoms with Crippen LogP contribution in [0.5, 0.6) is 0 Å². The van der Waals surface area contributed by atoms with E-state index in [-0.39, 0.29) is 5.17 Å². The van der Waals surface area contributed by atoms with Gasteiger partial charge in [-0.2, -0.15) is 10.4 Å². The Balaban J connectivity index is 3.61. The molecule has 0 radical (unpaired) electrons. The predicted octanol–water partition coefficient (Wildman–Crippen LogP) is 0.0210. The first-order chi connectivity index (χ1) is 2.81. The molecule has 4 heteroatoms. The van der Waals surface area contributed by atoms with E-state index in [0.29, 0.717) is 0 Å². The van der Waals surface area contributed by atoms with Gasteiger partial charge in [0, 0.05) is 0 Å². The van der Waals surface area contributed by atoms with Crippen LogP contribution in [0, 0.1) is 11.3 Å². The molecule has 0 fully saturated rings. The fourth-order valence-corrected chi connectivity index (χ4v) is 0.0289. The van der Waals surface area contributed by atoms with Gasteiger partial charge in [0.1, 0.15) is 6.07 Å². The zero-order chi connectivity index (χ0) is 4.99. The van der Waals surface area contributed by atoms with E-state index < -0.39 is 0 Å². The fourth-order valence-electron chi connectivity index (χ4n) is 0.0289. The number of nitriles is 1. The van der Waals surface area contributed by atoms with E-state index in [9.17, 15) is 0 Å². The molecule has 3 nitrogen and oxygen atoms in total. The van der Waals surface area contributed by atoms with Crippen LogP contribution in [-0.4, -0.2) is 5.17 Å². The van der Waals surface area contributed by atoms with E-state index in [1.807, 2.05) is 0 Å². The summed E-state index contributed by atoms with van der Waals surface area (Å²) < 4.78 is 0. The third kappa shape index (κ3) is 1.56. The molecule has 0 rings (SSSR count). The molecule has 6 heavy (non-hydrogen) atoms. The minimum absolute atomic E-state index is 0.227. The first kappa shape index (κ1) is 5.25. The molecule has 0 amide bonds. The molecule has 0 aromatic rings. The molecule has 2 N–H and O–H groups in total. The zero-order valence-corrected chi connectivity index (χ0v) is 3.61. The second kappa shape index (κ2) is 2.49. The first-order valence-electron chi connectivity index (χ1n) is 1.14. The van der Waals surface area contributed by atoms with Crippen molar-refractivity contribution in [3.8, 4) is 6.07 Å².